The van der Waals surface area contributed by atoms with Gasteiger partial charge in [-0.05, 0) is 73.7 Å². The highest BCUT2D eigenvalue weighted by molar-refractivity contribution is 6.03. The molecule has 0 bridgehead atoms. The van der Waals surface area contributed by atoms with E-state index < -0.39 is 0 Å². The molecule has 1 heterocycles. The largest absolute Gasteiger partial charge is 0.339 e. The number of aryl methyl sites for hydroxylation is 2. The third-order valence-corrected chi connectivity index (χ3v) is 4.92. The number of nitrogens with zero attached hydrogens (tertiary/aromatic N) is 2. The lowest BCUT2D eigenvalue weighted by Crippen LogP contribution is -2.22. The van der Waals surface area contributed by atoms with Crippen LogP contribution < -0.4 is 10.6 Å². The summed E-state index contributed by atoms with van der Waals surface area (Å²) in [6.07, 6.45) is 1.20. The molecule has 1 unspecified atom stereocenters. The van der Waals surface area contributed by atoms with E-state index in [0.29, 0.717) is 35.9 Å². The van der Waals surface area contributed by atoms with E-state index in [4.69, 9.17) is 0 Å². The van der Waals surface area contributed by atoms with Gasteiger partial charge in [0, 0.05) is 17.8 Å². The summed E-state index contributed by atoms with van der Waals surface area (Å²) in [6, 6.07) is 12.1. The highest BCUT2D eigenvalue weighted by Crippen LogP contribution is 2.32. The maximum atomic E-state index is 13.2. The van der Waals surface area contributed by atoms with Gasteiger partial charge in [0.25, 0.3) is 0 Å². The summed E-state index contributed by atoms with van der Waals surface area (Å²) in [5, 5.41) is 6.44. The molecule has 0 radical (unpaired) electrons. The Bertz CT molecular complexity index is 1060. The van der Waals surface area contributed by atoms with Crippen molar-refractivity contribution in [1.29, 1.82) is 0 Å². The van der Waals surface area contributed by atoms with Gasteiger partial charge in [-0.1, -0.05) is 13.0 Å². The maximum absolute atomic E-state index is 13.2. The highest BCUT2D eigenvalue weighted by Gasteiger charge is 2.28. The van der Waals surface area contributed by atoms with Gasteiger partial charge in [0.1, 0.15) is 11.6 Å². The van der Waals surface area contributed by atoms with Crippen molar-refractivity contribution in [2.24, 2.45) is 5.92 Å². The van der Waals surface area contributed by atoms with Crippen LogP contribution in [0.1, 0.15) is 40.5 Å². The lowest BCUT2D eigenvalue weighted by Gasteiger charge is -2.23. The fourth-order valence-corrected chi connectivity index (χ4v) is 3.76. The Hall–Kier alpha value is -3.28. The van der Waals surface area contributed by atoms with Crippen molar-refractivity contribution in [2.45, 2.75) is 33.6 Å². The number of ketones is 1. The molecule has 4 rings (SSSR count). The molecule has 2 N–H and O–H groups in total. The topological polar surface area (TPSA) is 66.9 Å². The summed E-state index contributed by atoms with van der Waals surface area (Å²) in [7, 11) is 0. The number of aromatic nitrogens is 2. The monoisotopic (exact) mass is 390 g/mol. The van der Waals surface area contributed by atoms with Gasteiger partial charge >= 0.3 is 0 Å². The predicted molar refractivity (Wildman–Crippen MR) is 113 cm³/mol. The molecule has 0 saturated heterocycles. The Labute approximate surface area is 169 Å². The third-order valence-electron chi connectivity index (χ3n) is 4.92. The number of hydrogen-bond acceptors (Lipinski definition) is 5. The second-order valence-corrected chi connectivity index (χ2v) is 7.79. The normalized spacial score (nSPS) is 15.7. The molecule has 6 heteroatoms. The first kappa shape index (κ1) is 19.1. The molecule has 0 amide bonds. The quantitative estimate of drug-likeness (QED) is 0.617. The predicted octanol–water partition coefficient (Wildman–Crippen LogP) is 5.48. The smallest absolute Gasteiger partial charge is 0.229 e. The Morgan fingerprint density at radius 3 is 2.31 bits per heavy atom. The average molecular weight is 390 g/mol. The Kier molecular flexibility index (Phi) is 5.01. The first-order valence-corrected chi connectivity index (χ1v) is 9.69. The van der Waals surface area contributed by atoms with E-state index in [0.717, 1.165) is 22.5 Å². The molecular formula is C23H23FN4O. The van der Waals surface area contributed by atoms with Gasteiger partial charge in [0.05, 0.1) is 11.3 Å². The summed E-state index contributed by atoms with van der Waals surface area (Å²) in [5.41, 5.74) is 5.11. The Morgan fingerprint density at radius 1 is 0.931 bits per heavy atom. The van der Waals surface area contributed by atoms with Crippen molar-refractivity contribution in [2.75, 3.05) is 10.6 Å². The minimum Gasteiger partial charge on any atom is -0.339 e. The zero-order chi connectivity index (χ0) is 20.5. The zero-order valence-electron chi connectivity index (χ0n) is 16.7. The number of fused-ring (bicyclic) bond motifs is 1. The molecule has 1 aliphatic carbocycles. The molecule has 29 heavy (non-hydrogen) atoms. The van der Waals surface area contributed by atoms with Crippen LogP contribution in [0.2, 0.25) is 0 Å². The number of rotatable bonds is 4. The van der Waals surface area contributed by atoms with Crippen molar-refractivity contribution in [3.8, 4) is 0 Å². The van der Waals surface area contributed by atoms with Crippen LogP contribution in [0.15, 0.2) is 42.5 Å². The zero-order valence-corrected chi connectivity index (χ0v) is 16.7. The van der Waals surface area contributed by atoms with Gasteiger partial charge in [-0.15, -0.1) is 0 Å². The van der Waals surface area contributed by atoms with Crippen molar-refractivity contribution in [3.63, 3.8) is 0 Å². The molecule has 1 aromatic heterocycles. The summed E-state index contributed by atoms with van der Waals surface area (Å²) in [5.74, 6) is 0.862. The van der Waals surface area contributed by atoms with Crippen molar-refractivity contribution in [1.82, 2.24) is 9.97 Å². The maximum Gasteiger partial charge on any atom is 0.229 e. The van der Waals surface area contributed by atoms with Crippen LogP contribution in [0, 0.1) is 25.6 Å². The molecule has 5 nitrogen and oxygen atoms in total. The Morgan fingerprint density at radius 2 is 1.62 bits per heavy atom. The summed E-state index contributed by atoms with van der Waals surface area (Å²) in [6.45, 7) is 6.11. The average Bonchev–Trinajstić information content (AvgIpc) is 2.62. The van der Waals surface area contributed by atoms with Crippen molar-refractivity contribution < 1.29 is 9.18 Å². The van der Waals surface area contributed by atoms with Crippen LogP contribution in [-0.2, 0) is 6.42 Å². The SMILES string of the molecule is Cc1cc(C)cc(Nc2nc(Nc3ccc(F)cc3)nc3c2C(=O)CC(C)C3)c1. The number of benzene rings is 2. The van der Waals surface area contributed by atoms with Gasteiger partial charge in [0.15, 0.2) is 5.78 Å². The van der Waals surface area contributed by atoms with Gasteiger partial charge in [-0.2, -0.15) is 4.98 Å². The molecule has 0 fully saturated rings. The molecule has 1 atom stereocenters. The van der Waals surface area contributed by atoms with E-state index in [2.05, 4.69) is 26.7 Å². The van der Waals surface area contributed by atoms with Gasteiger partial charge in [-0.25, -0.2) is 9.37 Å². The molecular weight excluding hydrogens is 367 g/mol. The number of carbonyl (C=O) groups excluding carboxylic acids is 1. The first-order chi connectivity index (χ1) is 13.9. The third kappa shape index (κ3) is 4.26. The van der Waals surface area contributed by atoms with E-state index in [1.165, 1.54) is 12.1 Å². The Balaban J connectivity index is 1.76. The fraction of sp³-hybridized carbons (Fsp3) is 0.261. The lowest BCUT2D eigenvalue weighted by atomic mass is 9.87. The molecule has 2 aromatic carbocycles. The van der Waals surface area contributed by atoms with Crippen LogP contribution >= 0.6 is 0 Å². The standard InChI is InChI=1S/C23H23FN4O/c1-13-8-14(2)10-18(9-13)25-22-21-19(11-15(3)12-20(21)29)27-23(28-22)26-17-6-4-16(24)5-7-17/h4-10,15H,11-12H2,1-3H3,(H2,25,26,27,28). The molecule has 0 aliphatic heterocycles. The van der Waals surface area contributed by atoms with Crippen molar-refractivity contribution >= 4 is 28.9 Å². The fourth-order valence-electron chi connectivity index (χ4n) is 3.76. The number of hydrogen-bond donors (Lipinski definition) is 2. The van der Waals surface area contributed by atoms with Crippen LogP contribution in [0.5, 0.6) is 0 Å². The second-order valence-electron chi connectivity index (χ2n) is 7.79. The summed E-state index contributed by atoms with van der Waals surface area (Å²) >= 11 is 0. The lowest BCUT2D eigenvalue weighted by molar-refractivity contribution is 0.0953. The van der Waals surface area contributed by atoms with Gasteiger partial charge < -0.3 is 10.6 Å². The number of Topliss-reactive ketones (excluding diaryl/α,β-unsaturated/α-hetero) is 1. The number of carbonyl (C=O) groups is 1. The molecule has 148 valence electrons. The van der Waals surface area contributed by atoms with Crippen LogP contribution in [-0.4, -0.2) is 15.8 Å². The van der Waals surface area contributed by atoms with E-state index in [1.54, 1.807) is 12.1 Å². The van der Waals surface area contributed by atoms with Gasteiger partial charge in [0.2, 0.25) is 5.95 Å². The van der Waals surface area contributed by atoms with E-state index in [-0.39, 0.29) is 17.5 Å². The second kappa shape index (κ2) is 7.62. The minimum absolute atomic E-state index is 0.0546. The number of anilines is 4. The summed E-state index contributed by atoms with van der Waals surface area (Å²) in [4.78, 5) is 21.9. The van der Waals surface area contributed by atoms with E-state index in [9.17, 15) is 9.18 Å². The first-order valence-electron chi connectivity index (χ1n) is 9.69. The van der Waals surface area contributed by atoms with Crippen molar-refractivity contribution in [3.05, 3.63) is 70.7 Å². The number of nitrogens with one attached hydrogen (secondary N) is 2. The minimum atomic E-state index is -0.307. The highest BCUT2D eigenvalue weighted by atomic mass is 19.1. The molecule has 1 aliphatic rings. The molecule has 3 aromatic rings. The molecule has 0 spiro atoms. The van der Waals surface area contributed by atoms with Crippen LogP contribution in [0.4, 0.5) is 27.5 Å². The summed E-state index contributed by atoms with van der Waals surface area (Å²) < 4.78 is 13.2. The number of halogens is 1. The van der Waals surface area contributed by atoms with Gasteiger partial charge in [-0.3, -0.25) is 4.79 Å². The van der Waals surface area contributed by atoms with Crippen LogP contribution in [0.25, 0.3) is 0 Å². The van der Waals surface area contributed by atoms with E-state index in [1.807, 2.05) is 32.9 Å². The van der Waals surface area contributed by atoms with E-state index >= 15 is 0 Å². The van der Waals surface area contributed by atoms with Crippen LogP contribution in [0.3, 0.4) is 0 Å². The molecule has 0 saturated carbocycles.